The molecule has 0 aromatic heterocycles. The minimum atomic E-state index is -0.405. The number of nitrogens with one attached hydrogen (secondary N) is 1. The van der Waals surface area contributed by atoms with Gasteiger partial charge in [0.15, 0.2) is 0 Å². The van der Waals surface area contributed by atoms with Crippen LogP contribution in [-0.4, -0.2) is 23.7 Å². The summed E-state index contributed by atoms with van der Waals surface area (Å²) in [5.41, 5.74) is 1.61. The molecule has 0 radical (unpaired) electrons. The van der Waals surface area contributed by atoms with Crippen molar-refractivity contribution in [3.8, 4) is 5.75 Å². The summed E-state index contributed by atoms with van der Waals surface area (Å²) >= 11 is 0. The van der Waals surface area contributed by atoms with E-state index in [1.165, 1.54) is 0 Å². The second-order valence-corrected chi connectivity index (χ2v) is 5.19. The highest BCUT2D eigenvalue weighted by molar-refractivity contribution is 5.94. The highest BCUT2D eigenvalue weighted by Crippen LogP contribution is 2.12. The third-order valence-corrected chi connectivity index (χ3v) is 3.21. The van der Waals surface area contributed by atoms with Crippen LogP contribution < -0.4 is 10.1 Å². The van der Waals surface area contributed by atoms with Crippen LogP contribution in [0.5, 0.6) is 5.75 Å². The quantitative estimate of drug-likeness (QED) is 0.826. The lowest BCUT2D eigenvalue weighted by Crippen LogP contribution is -2.26. The molecule has 22 heavy (non-hydrogen) atoms. The van der Waals surface area contributed by atoms with Crippen LogP contribution in [0.1, 0.15) is 29.3 Å². The van der Waals surface area contributed by atoms with Crippen molar-refractivity contribution >= 4 is 5.91 Å². The van der Waals surface area contributed by atoms with Gasteiger partial charge in [0.25, 0.3) is 5.91 Å². The van der Waals surface area contributed by atoms with Gasteiger partial charge in [-0.1, -0.05) is 30.3 Å². The van der Waals surface area contributed by atoms with Crippen LogP contribution in [0.3, 0.4) is 0 Å². The minimum absolute atomic E-state index is 0.129. The zero-order chi connectivity index (χ0) is 15.8. The standard InChI is InChI=1S/C18H21NO3/c1-14(20)11-12-19-18(21)16-9-7-15(8-10-16)13-22-17-5-3-2-4-6-17/h2-10,14,20H,11-13H2,1H3,(H,19,21). The Morgan fingerprint density at radius 2 is 1.82 bits per heavy atom. The molecule has 4 heteroatoms. The number of amides is 1. The SMILES string of the molecule is CC(O)CCNC(=O)c1ccc(COc2ccccc2)cc1. The van der Waals surface area contributed by atoms with Crippen LogP contribution in [0.25, 0.3) is 0 Å². The van der Waals surface area contributed by atoms with Crippen molar-refractivity contribution in [3.63, 3.8) is 0 Å². The van der Waals surface area contributed by atoms with E-state index >= 15 is 0 Å². The number of hydrogen-bond acceptors (Lipinski definition) is 3. The van der Waals surface area contributed by atoms with Gasteiger partial charge >= 0.3 is 0 Å². The molecule has 0 aliphatic heterocycles. The Labute approximate surface area is 130 Å². The van der Waals surface area contributed by atoms with Crippen molar-refractivity contribution in [1.82, 2.24) is 5.32 Å². The monoisotopic (exact) mass is 299 g/mol. The van der Waals surface area contributed by atoms with Crippen molar-refractivity contribution in [2.24, 2.45) is 0 Å². The molecule has 1 amide bonds. The maximum absolute atomic E-state index is 11.9. The fourth-order valence-corrected chi connectivity index (χ4v) is 1.93. The van der Waals surface area contributed by atoms with E-state index in [9.17, 15) is 4.79 Å². The second-order valence-electron chi connectivity index (χ2n) is 5.19. The molecular weight excluding hydrogens is 278 g/mol. The van der Waals surface area contributed by atoms with E-state index < -0.39 is 6.10 Å². The summed E-state index contributed by atoms with van der Waals surface area (Å²) in [6, 6.07) is 16.9. The van der Waals surface area contributed by atoms with E-state index in [1.54, 1.807) is 19.1 Å². The van der Waals surface area contributed by atoms with Crippen molar-refractivity contribution in [1.29, 1.82) is 0 Å². The number of ether oxygens (including phenoxy) is 1. The van der Waals surface area contributed by atoms with Crippen LogP contribution in [-0.2, 0) is 6.61 Å². The van der Waals surface area contributed by atoms with E-state index in [0.29, 0.717) is 25.1 Å². The zero-order valence-electron chi connectivity index (χ0n) is 12.7. The highest BCUT2D eigenvalue weighted by atomic mass is 16.5. The van der Waals surface area contributed by atoms with Gasteiger partial charge in [-0.2, -0.15) is 0 Å². The first-order chi connectivity index (χ1) is 10.6. The molecule has 1 atom stereocenters. The van der Waals surface area contributed by atoms with Gasteiger partial charge in [-0.25, -0.2) is 0 Å². The molecular formula is C18H21NO3. The zero-order valence-corrected chi connectivity index (χ0v) is 12.7. The number of carbonyl (C=O) groups excluding carboxylic acids is 1. The fourth-order valence-electron chi connectivity index (χ4n) is 1.93. The topological polar surface area (TPSA) is 58.6 Å². The normalized spacial score (nSPS) is 11.7. The molecule has 0 aliphatic carbocycles. The summed E-state index contributed by atoms with van der Waals surface area (Å²) in [5, 5.41) is 11.9. The van der Waals surface area contributed by atoms with Crippen LogP contribution in [0.4, 0.5) is 0 Å². The molecule has 0 heterocycles. The number of hydrogen-bond donors (Lipinski definition) is 2. The molecule has 0 spiro atoms. The summed E-state index contributed by atoms with van der Waals surface area (Å²) in [5.74, 6) is 0.693. The fraction of sp³-hybridized carbons (Fsp3) is 0.278. The molecule has 0 fully saturated rings. The predicted octanol–water partition coefficient (Wildman–Crippen LogP) is 2.77. The molecule has 2 aromatic rings. The Morgan fingerprint density at radius 1 is 1.14 bits per heavy atom. The number of rotatable bonds is 7. The summed E-state index contributed by atoms with van der Waals surface area (Å²) < 4.78 is 5.66. The van der Waals surface area contributed by atoms with Crippen LogP contribution >= 0.6 is 0 Å². The average molecular weight is 299 g/mol. The van der Waals surface area contributed by atoms with Crippen molar-refractivity contribution in [2.45, 2.75) is 26.1 Å². The molecule has 2 aromatic carbocycles. The van der Waals surface area contributed by atoms with Crippen LogP contribution in [0.2, 0.25) is 0 Å². The van der Waals surface area contributed by atoms with E-state index in [0.717, 1.165) is 11.3 Å². The van der Waals surface area contributed by atoms with Gasteiger partial charge in [0, 0.05) is 12.1 Å². The number of aliphatic hydroxyl groups excluding tert-OH is 1. The molecule has 2 rings (SSSR count). The summed E-state index contributed by atoms with van der Waals surface area (Å²) in [4.78, 5) is 11.9. The summed E-state index contributed by atoms with van der Waals surface area (Å²) in [7, 11) is 0. The minimum Gasteiger partial charge on any atom is -0.489 e. The van der Waals surface area contributed by atoms with Crippen molar-refractivity contribution < 1.29 is 14.6 Å². The molecule has 0 saturated carbocycles. The van der Waals surface area contributed by atoms with Gasteiger partial charge in [-0.15, -0.1) is 0 Å². The number of carbonyl (C=O) groups is 1. The van der Waals surface area contributed by atoms with E-state index in [-0.39, 0.29) is 5.91 Å². The predicted molar refractivity (Wildman–Crippen MR) is 85.8 cm³/mol. The van der Waals surface area contributed by atoms with Gasteiger partial charge in [0.05, 0.1) is 6.10 Å². The summed E-state index contributed by atoms with van der Waals surface area (Å²) in [6.07, 6.45) is 0.146. The van der Waals surface area contributed by atoms with Gasteiger partial charge in [-0.3, -0.25) is 4.79 Å². The molecule has 2 N–H and O–H groups in total. The maximum atomic E-state index is 11.9. The molecule has 0 saturated heterocycles. The third kappa shape index (κ3) is 5.22. The van der Waals surface area contributed by atoms with Crippen molar-refractivity contribution in [2.75, 3.05) is 6.54 Å². The van der Waals surface area contributed by atoms with E-state index in [1.807, 2.05) is 42.5 Å². The van der Waals surface area contributed by atoms with Gasteiger partial charge < -0.3 is 15.2 Å². The Morgan fingerprint density at radius 3 is 2.45 bits per heavy atom. The Bertz CT molecular complexity index is 579. The number of benzene rings is 2. The lowest BCUT2D eigenvalue weighted by Gasteiger charge is -2.08. The van der Waals surface area contributed by atoms with E-state index in [2.05, 4.69) is 5.32 Å². The molecule has 4 nitrogen and oxygen atoms in total. The Balaban J connectivity index is 1.83. The molecule has 116 valence electrons. The molecule has 1 unspecified atom stereocenters. The largest absolute Gasteiger partial charge is 0.489 e. The van der Waals surface area contributed by atoms with Crippen molar-refractivity contribution in [3.05, 3.63) is 65.7 Å². The summed E-state index contributed by atoms with van der Waals surface area (Å²) in [6.45, 7) is 2.64. The van der Waals surface area contributed by atoms with Gasteiger partial charge in [0.1, 0.15) is 12.4 Å². The first-order valence-electron chi connectivity index (χ1n) is 7.38. The number of para-hydroxylation sites is 1. The molecule has 0 bridgehead atoms. The van der Waals surface area contributed by atoms with Gasteiger partial charge in [-0.05, 0) is 43.2 Å². The first-order valence-corrected chi connectivity index (χ1v) is 7.38. The lowest BCUT2D eigenvalue weighted by atomic mass is 10.1. The van der Waals surface area contributed by atoms with E-state index in [4.69, 9.17) is 9.84 Å². The van der Waals surface area contributed by atoms with Crippen LogP contribution in [0.15, 0.2) is 54.6 Å². The number of aliphatic hydroxyl groups is 1. The Hall–Kier alpha value is -2.33. The Kier molecular flexibility index (Phi) is 5.98. The third-order valence-electron chi connectivity index (χ3n) is 3.21. The first kappa shape index (κ1) is 16.0. The smallest absolute Gasteiger partial charge is 0.251 e. The maximum Gasteiger partial charge on any atom is 0.251 e. The van der Waals surface area contributed by atoms with Crippen LogP contribution in [0, 0.1) is 0 Å². The lowest BCUT2D eigenvalue weighted by molar-refractivity contribution is 0.0945. The second kappa shape index (κ2) is 8.20. The average Bonchev–Trinajstić information content (AvgIpc) is 2.54. The van der Waals surface area contributed by atoms with Gasteiger partial charge in [0.2, 0.25) is 0 Å². The highest BCUT2D eigenvalue weighted by Gasteiger charge is 2.05. The molecule has 0 aliphatic rings.